The molecule has 0 fully saturated rings. The number of pyridine rings is 1. The number of likely N-dealkylation sites (N-methyl/N-ethyl adjacent to an activating group) is 1. The van der Waals surface area contributed by atoms with E-state index in [2.05, 4.69) is 15.6 Å². The number of carbonyl (C=O) groups is 2. The van der Waals surface area contributed by atoms with Gasteiger partial charge in [0.2, 0.25) is 0 Å². The molecule has 0 radical (unpaired) electrons. The van der Waals surface area contributed by atoms with Crippen LogP contribution < -0.4 is 10.6 Å². The number of hydrogen-bond acceptors (Lipinski definition) is 4. The van der Waals surface area contributed by atoms with Crippen LogP contribution in [0.25, 0.3) is 0 Å². The van der Waals surface area contributed by atoms with Crippen molar-refractivity contribution in [1.82, 2.24) is 15.2 Å². The van der Waals surface area contributed by atoms with E-state index in [4.69, 9.17) is 0 Å². The Morgan fingerprint density at radius 1 is 1.08 bits per heavy atom. The van der Waals surface area contributed by atoms with Crippen LogP contribution in [0.4, 0.5) is 10.1 Å². The lowest BCUT2D eigenvalue weighted by molar-refractivity contribution is 0.0946. The summed E-state index contributed by atoms with van der Waals surface area (Å²) in [5.41, 5.74) is 0.558. The molecule has 0 bridgehead atoms. The minimum atomic E-state index is -0.511. The Balaban J connectivity index is 2.03. The van der Waals surface area contributed by atoms with Gasteiger partial charge in [-0.3, -0.25) is 9.59 Å². The number of hydrogen-bond donors (Lipinski definition) is 2. The highest BCUT2D eigenvalue weighted by molar-refractivity contribution is 6.03. The van der Waals surface area contributed by atoms with Gasteiger partial charge < -0.3 is 15.5 Å². The predicted octanol–water partition coefficient (Wildman–Crippen LogP) is 1.76. The van der Waals surface area contributed by atoms with Gasteiger partial charge >= 0.3 is 0 Å². The van der Waals surface area contributed by atoms with Crippen molar-refractivity contribution in [1.29, 1.82) is 0 Å². The molecule has 2 aromatic rings. The van der Waals surface area contributed by atoms with Gasteiger partial charge in [-0.05, 0) is 44.4 Å². The topological polar surface area (TPSA) is 74.3 Å². The molecular formula is C17H19FN4O2. The molecule has 7 heteroatoms. The predicted molar refractivity (Wildman–Crippen MR) is 89.5 cm³/mol. The van der Waals surface area contributed by atoms with Gasteiger partial charge in [-0.2, -0.15) is 0 Å². The number of amides is 2. The second-order valence-electron chi connectivity index (χ2n) is 5.43. The fourth-order valence-electron chi connectivity index (χ4n) is 1.93. The SMILES string of the molecule is CN(C)CCNC(=O)c1cccc(C(=O)Nc2cccc(F)c2)n1. The van der Waals surface area contributed by atoms with Gasteiger partial charge in [0.05, 0.1) is 0 Å². The lowest BCUT2D eigenvalue weighted by Gasteiger charge is -2.10. The molecule has 0 spiro atoms. The highest BCUT2D eigenvalue weighted by Crippen LogP contribution is 2.10. The Morgan fingerprint density at radius 2 is 1.75 bits per heavy atom. The maximum Gasteiger partial charge on any atom is 0.274 e. The van der Waals surface area contributed by atoms with Gasteiger partial charge in [-0.15, -0.1) is 0 Å². The summed E-state index contributed by atoms with van der Waals surface area (Å²) >= 11 is 0. The number of benzene rings is 1. The van der Waals surface area contributed by atoms with E-state index in [1.807, 2.05) is 19.0 Å². The summed E-state index contributed by atoms with van der Waals surface area (Å²) in [7, 11) is 3.81. The average molecular weight is 330 g/mol. The Kier molecular flexibility index (Phi) is 5.97. The summed E-state index contributed by atoms with van der Waals surface area (Å²) in [5, 5.41) is 5.27. The number of anilines is 1. The molecule has 0 aliphatic carbocycles. The van der Waals surface area contributed by atoms with Gasteiger partial charge in [0.1, 0.15) is 17.2 Å². The van der Waals surface area contributed by atoms with E-state index in [0.717, 1.165) is 0 Å². The summed E-state index contributed by atoms with van der Waals surface area (Å²) < 4.78 is 13.1. The van der Waals surface area contributed by atoms with Gasteiger partial charge in [0.15, 0.2) is 0 Å². The second-order valence-corrected chi connectivity index (χ2v) is 5.43. The molecule has 0 aliphatic heterocycles. The van der Waals surface area contributed by atoms with Crippen molar-refractivity contribution in [3.63, 3.8) is 0 Å². The summed E-state index contributed by atoms with van der Waals surface area (Å²) in [5.74, 6) is -1.31. The van der Waals surface area contributed by atoms with Crippen molar-refractivity contribution in [2.24, 2.45) is 0 Å². The van der Waals surface area contributed by atoms with Crippen molar-refractivity contribution in [2.45, 2.75) is 0 Å². The van der Waals surface area contributed by atoms with Crippen LogP contribution in [0.2, 0.25) is 0 Å². The van der Waals surface area contributed by atoms with Crippen LogP contribution in [0.1, 0.15) is 21.0 Å². The first-order chi connectivity index (χ1) is 11.5. The summed E-state index contributed by atoms with van der Waals surface area (Å²) in [6, 6.07) is 10.2. The van der Waals surface area contributed by atoms with Crippen molar-refractivity contribution in [3.8, 4) is 0 Å². The van der Waals surface area contributed by atoms with E-state index >= 15 is 0 Å². The average Bonchev–Trinajstić information content (AvgIpc) is 2.54. The molecule has 6 nitrogen and oxygen atoms in total. The molecule has 2 N–H and O–H groups in total. The fraction of sp³-hybridized carbons (Fsp3) is 0.235. The molecule has 0 aliphatic rings. The quantitative estimate of drug-likeness (QED) is 0.846. The maximum absolute atomic E-state index is 13.1. The van der Waals surface area contributed by atoms with Crippen LogP contribution in [-0.2, 0) is 0 Å². The largest absolute Gasteiger partial charge is 0.349 e. The third-order valence-corrected chi connectivity index (χ3v) is 3.14. The van der Waals surface area contributed by atoms with E-state index in [9.17, 15) is 14.0 Å². The number of aromatic nitrogens is 1. The molecule has 2 amide bonds. The van der Waals surface area contributed by atoms with Crippen molar-refractivity contribution >= 4 is 17.5 Å². The number of rotatable bonds is 6. The molecule has 24 heavy (non-hydrogen) atoms. The first kappa shape index (κ1) is 17.6. The highest BCUT2D eigenvalue weighted by Gasteiger charge is 2.12. The molecule has 1 heterocycles. The lowest BCUT2D eigenvalue weighted by atomic mass is 10.2. The number of carbonyl (C=O) groups excluding carboxylic acids is 2. The lowest BCUT2D eigenvalue weighted by Crippen LogP contribution is -2.32. The second kappa shape index (κ2) is 8.16. The smallest absolute Gasteiger partial charge is 0.274 e. The van der Waals surface area contributed by atoms with E-state index in [1.165, 1.54) is 30.3 Å². The normalized spacial score (nSPS) is 10.5. The zero-order chi connectivity index (χ0) is 17.5. The minimum Gasteiger partial charge on any atom is -0.349 e. The van der Waals surface area contributed by atoms with Gasteiger partial charge in [0, 0.05) is 18.8 Å². The Bertz CT molecular complexity index is 734. The number of nitrogens with zero attached hydrogens (tertiary/aromatic N) is 2. The molecule has 1 aromatic carbocycles. The first-order valence-corrected chi connectivity index (χ1v) is 7.42. The van der Waals surface area contributed by atoms with Crippen molar-refractivity contribution in [2.75, 3.05) is 32.5 Å². The van der Waals surface area contributed by atoms with E-state index in [0.29, 0.717) is 18.8 Å². The summed E-state index contributed by atoms with van der Waals surface area (Å²) in [6.45, 7) is 1.18. The third kappa shape index (κ3) is 5.13. The van der Waals surface area contributed by atoms with Crippen LogP contribution in [0, 0.1) is 5.82 Å². The molecular weight excluding hydrogens is 311 g/mol. The molecule has 0 saturated carbocycles. The molecule has 0 saturated heterocycles. The van der Waals surface area contributed by atoms with Crippen LogP contribution in [0.3, 0.4) is 0 Å². The highest BCUT2D eigenvalue weighted by atomic mass is 19.1. The zero-order valence-electron chi connectivity index (χ0n) is 13.5. The van der Waals surface area contributed by atoms with Crippen LogP contribution >= 0.6 is 0 Å². The molecule has 2 rings (SSSR count). The summed E-state index contributed by atoms with van der Waals surface area (Å²) in [4.78, 5) is 30.2. The monoisotopic (exact) mass is 330 g/mol. The Morgan fingerprint density at radius 3 is 2.42 bits per heavy atom. The van der Waals surface area contributed by atoms with Crippen LogP contribution in [0.15, 0.2) is 42.5 Å². The maximum atomic E-state index is 13.1. The fourth-order valence-corrected chi connectivity index (χ4v) is 1.93. The van der Waals surface area contributed by atoms with E-state index < -0.39 is 11.7 Å². The van der Waals surface area contributed by atoms with Crippen molar-refractivity contribution < 1.29 is 14.0 Å². The van der Waals surface area contributed by atoms with Gasteiger partial charge in [0.25, 0.3) is 11.8 Å². The zero-order valence-corrected chi connectivity index (χ0v) is 13.5. The number of nitrogens with one attached hydrogen (secondary N) is 2. The van der Waals surface area contributed by atoms with E-state index in [-0.39, 0.29) is 17.3 Å². The third-order valence-electron chi connectivity index (χ3n) is 3.14. The standard InChI is InChI=1S/C17H19FN4O2/c1-22(2)10-9-19-16(23)14-7-4-8-15(21-14)17(24)20-13-6-3-5-12(18)11-13/h3-8,11H,9-10H2,1-2H3,(H,19,23)(H,20,24). The van der Waals surface area contributed by atoms with E-state index in [1.54, 1.807) is 12.1 Å². The Hall–Kier alpha value is -2.80. The van der Waals surface area contributed by atoms with Gasteiger partial charge in [-0.25, -0.2) is 9.37 Å². The minimum absolute atomic E-state index is 0.0829. The van der Waals surface area contributed by atoms with Crippen LogP contribution in [-0.4, -0.2) is 48.9 Å². The molecule has 126 valence electrons. The summed E-state index contributed by atoms with van der Waals surface area (Å²) in [6.07, 6.45) is 0. The van der Waals surface area contributed by atoms with Crippen LogP contribution in [0.5, 0.6) is 0 Å². The molecule has 0 unspecified atom stereocenters. The molecule has 0 atom stereocenters. The number of halogens is 1. The molecule has 1 aromatic heterocycles. The van der Waals surface area contributed by atoms with Crippen molar-refractivity contribution in [3.05, 3.63) is 59.7 Å². The first-order valence-electron chi connectivity index (χ1n) is 7.42. The van der Waals surface area contributed by atoms with Gasteiger partial charge in [-0.1, -0.05) is 12.1 Å². The Labute approximate surface area is 139 Å².